The number of aliphatic hydroxyl groups is 1. The zero-order valence-corrected chi connectivity index (χ0v) is 21.9. The van der Waals surface area contributed by atoms with Gasteiger partial charge in [0.15, 0.2) is 0 Å². The van der Waals surface area contributed by atoms with Gasteiger partial charge < -0.3 is 5.11 Å². The fraction of sp³-hybridized carbons (Fsp3) is 0.867. The molecule has 2 fully saturated rings. The molecule has 0 radical (unpaired) electrons. The molecule has 0 spiro atoms. The summed E-state index contributed by atoms with van der Waals surface area (Å²) < 4.78 is 0. The van der Waals surface area contributed by atoms with E-state index >= 15 is 0 Å². The fourth-order valence-corrected chi connectivity index (χ4v) is 9.47. The molecule has 176 valence electrons. The van der Waals surface area contributed by atoms with E-state index in [1.54, 1.807) is 0 Å². The van der Waals surface area contributed by atoms with Gasteiger partial charge in [0, 0.05) is 0 Å². The largest absolute Gasteiger partial charge is 0.393 e. The third kappa shape index (κ3) is 3.34. The van der Waals surface area contributed by atoms with Crippen molar-refractivity contribution in [3.63, 3.8) is 0 Å². The minimum atomic E-state index is -0.130. The molecule has 1 nitrogen and oxygen atoms in total. The van der Waals surface area contributed by atoms with Crippen LogP contribution in [0, 0.1) is 39.4 Å². The zero-order valence-electron chi connectivity index (χ0n) is 21.9. The highest BCUT2D eigenvalue weighted by molar-refractivity contribution is 5.38. The van der Waals surface area contributed by atoms with E-state index in [2.05, 4.69) is 61.5 Å². The van der Waals surface area contributed by atoms with E-state index in [0.717, 1.165) is 18.3 Å². The highest BCUT2D eigenvalue weighted by Gasteiger charge is 2.63. The molecule has 0 aliphatic heterocycles. The highest BCUT2D eigenvalue weighted by Crippen LogP contribution is 2.72. The van der Waals surface area contributed by atoms with Gasteiger partial charge in [-0.2, -0.15) is 0 Å². The standard InChI is InChI=1S/C30H50O/c1-20(2)10-9-11-21(3)22-14-18-30(8)24-12-13-25-27(4,5)26(31)16-17-28(25,6)23(24)15-19-29(22,30)7/h10,21-22,25-26,31H,9,11-19H2,1-8H3/t21-,22-,25+,26?,28-,29-,30+/m1/s1. The van der Waals surface area contributed by atoms with Crippen LogP contribution < -0.4 is 0 Å². The van der Waals surface area contributed by atoms with Gasteiger partial charge in [-0.3, -0.25) is 0 Å². The number of allylic oxidation sites excluding steroid dienone is 4. The second kappa shape index (κ2) is 7.75. The number of rotatable bonds is 4. The molecule has 0 aromatic rings. The minimum Gasteiger partial charge on any atom is -0.393 e. The molecule has 4 rings (SSSR count). The summed E-state index contributed by atoms with van der Waals surface area (Å²) in [7, 11) is 0. The molecule has 1 heteroatoms. The van der Waals surface area contributed by atoms with Gasteiger partial charge in [0.25, 0.3) is 0 Å². The predicted octanol–water partition coefficient (Wildman–Crippen LogP) is 8.48. The van der Waals surface area contributed by atoms with Crippen molar-refractivity contribution in [2.24, 2.45) is 39.4 Å². The molecule has 1 N–H and O–H groups in total. The molecule has 2 saturated carbocycles. The molecule has 0 aromatic heterocycles. The van der Waals surface area contributed by atoms with E-state index in [1.165, 1.54) is 63.4 Å². The van der Waals surface area contributed by atoms with Crippen LogP contribution in [0.1, 0.15) is 120 Å². The van der Waals surface area contributed by atoms with Crippen LogP contribution in [-0.2, 0) is 0 Å². The summed E-state index contributed by atoms with van der Waals surface area (Å²) in [5.74, 6) is 2.32. The van der Waals surface area contributed by atoms with Crippen molar-refractivity contribution in [1.82, 2.24) is 0 Å². The lowest BCUT2D eigenvalue weighted by Crippen LogP contribution is -2.55. The van der Waals surface area contributed by atoms with Gasteiger partial charge in [-0.1, -0.05) is 64.3 Å². The van der Waals surface area contributed by atoms with Gasteiger partial charge in [-0.15, -0.1) is 0 Å². The van der Waals surface area contributed by atoms with Crippen molar-refractivity contribution in [1.29, 1.82) is 0 Å². The third-order valence-electron chi connectivity index (χ3n) is 11.7. The minimum absolute atomic E-state index is 0.0465. The Kier molecular flexibility index (Phi) is 5.90. The first-order chi connectivity index (χ1) is 14.4. The van der Waals surface area contributed by atoms with Crippen LogP contribution in [0.25, 0.3) is 0 Å². The molecule has 7 atom stereocenters. The van der Waals surface area contributed by atoms with Crippen LogP contribution in [0.4, 0.5) is 0 Å². The average Bonchev–Trinajstić information content (AvgIpc) is 2.96. The second-order valence-electron chi connectivity index (χ2n) is 13.6. The van der Waals surface area contributed by atoms with E-state index in [0.29, 0.717) is 22.2 Å². The number of hydrogen-bond donors (Lipinski definition) is 1. The van der Waals surface area contributed by atoms with Crippen molar-refractivity contribution >= 4 is 0 Å². The van der Waals surface area contributed by atoms with Gasteiger partial charge >= 0.3 is 0 Å². The first kappa shape index (κ1) is 23.6. The Hall–Kier alpha value is -0.560. The first-order valence-corrected chi connectivity index (χ1v) is 13.4. The van der Waals surface area contributed by atoms with Crippen molar-refractivity contribution < 1.29 is 5.11 Å². The Balaban J connectivity index is 1.65. The highest BCUT2D eigenvalue weighted by atomic mass is 16.3. The molecular weight excluding hydrogens is 376 g/mol. The molecule has 31 heavy (non-hydrogen) atoms. The van der Waals surface area contributed by atoms with E-state index in [-0.39, 0.29) is 11.5 Å². The van der Waals surface area contributed by atoms with Crippen LogP contribution in [0.5, 0.6) is 0 Å². The van der Waals surface area contributed by atoms with Gasteiger partial charge in [0.2, 0.25) is 0 Å². The Labute approximate surface area is 193 Å². The number of aliphatic hydroxyl groups excluding tert-OH is 1. The third-order valence-corrected chi connectivity index (χ3v) is 11.7. The van der Waals surface area contributed by atoms with Crippen molar-refractivity contribution in [2.75, 3.05) is 0 Å². The van der Waals surface area contributed by atoms with E-state index in [4.69, 9.17) is 0 Å². The lowest BCUT2D eigenvalue weighted by Gasteiger charge is -2.62. The van der Waals surface area contributed by atoms with Crippen LogP contribution in [0.3, 0.4) is 0 Å². The maximum absolute atomic E-state index is 10.8. The van der Waals surface area contributed by atoms with Crippen LogP contribution >= 0.6 is 0 Å². The number of fused-ring (bicyclic) bond motifs is 4. The molecular formula is C30H50O. The summed E-state index contributed by atoms with van der Waals surface area (Å²) in [6.07, 6.45) is 15.2. The lowest BCUT2D eigenvalue weighted by atomic mass is 9.43. The Morgan fingerprint density at radius 2 is 1.68 bits per heavy atom. The van der Waals surface area contributed by atoms with Gasteiger partial charge in [-0.05, 0) is 117 Å². The topological polar surface area (TPSA) is 20.2 Å². The van der Waals surface area contributed by atoms with Crippen LogP contribution in [0.2, 0.25) is 0 Å². The number of hydrogen-bond acceptors (Lipinski definition) is 1. The molecule has 0 amide bonds. The molecule has 0 aromatic carbocycles. The maximum Gasteiger partial charge on any atom is 0.0594 e. The molecule has 0 saturated heterocycles. The summed E-state index contributed by atoms with van der Waals surface area (Å²) in [6.45, 7) is 19.6. The van der Waals surface area contributed by atoms with E-state index < -0.39 is 0 Å². The van der Waals surface area contributed by atoms with Gasteiger partial charge in [0.05, 0.1) is 6.10 Å². The van der Waals surface area contributed by atoms with Crippen LogP contribution in [-0.4, -0.2) is 11.2 Å². The van der Waals surface area contributed by atoms with Gasteiger partial charge in [0.1, 0.15) is 0 Å². The summed E-state index contributed by atoms with van der Waals surface area (Å²) >= 11 is 0. The second-order valence-corrected chi connectivity index (χ2v) is 13.6. The van der Waals surface area contributed by atoms with E-state index in [1.807, 2.05) is 11.1 Å². The first-order valence-electron chi connectivity index (χ1n) is 13.4. The predicted molar refractivity (Wildman–Crippen MR) is 133 cm³/mol. The fourth-order valence-electron chi connectivity index (χ4n) is 9.47. The zero-order chi connectivity index (χ0) is 22.8. The molecule has 4 aliphatic carbocycles. The summed E-state index contributed by atoms with van der Waals surface area (Å²) in [6, 6.07) is 0. The summed E-state index contributed by atoms with van der Waals surface area (Å²) in [5.41, 5.74) is 6.41. The SMILES string of the molecule is CC(C)=CCC[C@@H](C)[C@H]1CC[C@@]2(C)C3=C(CC[C@]12C)[C@@]1(C)CCC(O)C(C)(C)[C@@H]1CC3. The monoisotopic (exact) mass is 426 g/mol. The molecule has 1 unspecified atom stereocenters. The average molecular weight is 427 g/mol. The Morgan fingerprint density at radius 1 is 0.968 bits per heavy atom. The smallest absolute Gasteiger partial charge is 0.0594 e. The van der Waals surface area contributed by atoms with E-state index in [9.17, 15) is 5.11 Å². The quantitative estimate of drug-likeness (QED) is 0.447. The summed E-state index contributed by atoms with van der Waals surface area (Å²) in [5, 5.41) is 10.8. The Morgan fingerprint density at radius 3 is 2.35 bits per heavy atom. The Bertz CT molecular complexity index is 767. The maximum atomic E-state index is 10.8. The lowest BCUT2D eigenvalue weighted by molar-refractivity contribution is -0.0962. The summed E-state index contributed by atoms with van der Waals surface area (Å²) in [4.78, 5) is 0. The molecule has 0 heterocycles. The normalized spacial score (nSPS) is 44.9. The van der Waals surface area contributed by atoms with Gasteiger partial charge in [-0.25, -0.2) is 0 Å². The van der Waals surface area contributed by atoms with Crippen molar-refractivity contribution in [3.8, 4) is 0 Å². The molecule has 4 aliphatic rings. The van der Waals surface area contributed by atoms with Crippen LogP contribution in [0.15, 0.2) is 22.8 Å². The molecule has 0 bridgehead atoms. The van der Waals surface area contributed by atoms with Crippen molar-refractivity contribution in [2.45, 2.75) is 126 Å². The van der Waals surface area contributed by atoms with Crippen molar-refractivity contribution in [3.05, 3.63) is 22.8 Å².